The van der Waals surface area contributed by atoms with Crippen molar-refractivity contribution in [3.63, 3.8) is 0 Å². The van der Waals surface area contributed by atoms with Gasteiger partial charge in [0.05, 0.1) is 5.69 Å². The van der Waals surface area contributed by atoms with Crippen molar-refractivity contribution in [2.24, 2.45) is 5.92 Å². The molecule has 1 aromatic carbocycles. The maximum atomic E-state index is 12.8. The van der Waals surface area contributed by atoms with Crippen molar-refractivity contribution >= 4 is 27.5 Å². The number of hydrogen-bond donors (Lipinski definition) is 2. The quantitative estimate of drug-likeness (QED) is 0.762. The Morgan fingerprint density at radius 1 is 1.50 bits per heavy atom. The molecular weight excluding hydrogens is 346 g/mol. The molecular formula is C17H20BrNO3. The van der Waals surface area contributed by atoms with Crippen LogP contribution in [-0.4, -0.2) is 29.3 Å². The summed E-state index contributed by atoms with van der Waals surface area (Å²) in [5, 5.41) is 20.0. The van der Waals surface area contributed by atoms with Crippen LogP contribution in [0.2, 0.25) is 0 Å². The largest absolute Gasteiger partial charge is 0.396 e. The lowest BCUT2D eigenvalue weighted by molar-refractivity contribution is -0.139. The van der Waals surface area contributed by atoms with Gasteiger partial charge in [-0.15, -0.1) is 6.58 Å². The first-order valence-corrected chi connectivity index (χ1v) is 7.98. The number of nitrogens with zero attached hydrogens (tertiary/aromatic N) is 1. The van der Waals surface area contributed by atoms with Crippen LogP contribution in [0.1, 0.15) is 18.9 Å². The minimum atomic E-state index is -1.60. The third-order valence-electron chi connectivity index (χ3n) is 3.92. The number of anilines is 1. The van der Waals surface area contributed by atoms with Crippen LogP contribution >= 0.6 is 15.9 Å². The summed E-state index contributed by atoms with van der Waals surface area (Å²) in [6, 6.07) is 5.45. The molecule has 4 nitrogen and oxygen atoms in total. The number of halogens is 1. The highest BCUT2D eigenvalue weighted by Gasteiger charge is 2.52. The van der Waals surface area contributed by atoms with Gasteiger partial charge in [0.1, 0.15) is 0 Å². The topological polar surface area (TPSA) is 60.8 Å². The van der Waals surface area contributed by atoms with Crippen LogP contribution in [0.5, 0.6) is 0 Å². The van der Waals surface area contributed by atoms with E-state index in [2.05, 4.69) is 22.5 Å². The average Bonchev–Trinajstić information content (AvgIpc) is 2.71. The van der Waals surface area contributed by atoms with Crippen molar-refractivity contribution < 1.29 is 15.0 Å². The summed E-state index contributed by atoms with van der Waals surface area (Å²) >= 11 is 3.40. The molecule has 22 heavy (non-hydrogen) atoms. The van der Waals surface area contributed by atoms with Crippen LogP contribution in [-0.2, 0) is 10.4 Å². The predicted octanol–water partition coefficient (Wildman–Crippen LogP) is 2.74. The Kier molecular flexibility index (Phi) is 5.21. The summed E-state index contributed by atoms with van der Waals surface area (Å²) in [4.78, 5) is 14.3. The summed E-state index contributed by atoms with van der Waals surface area (Å²) in [6.07, 6.45) is 5.69. The molecule has 0 aliphatic carbocycles. The highest BCUT2D eigenvalue weighted by molar-refractivity contribution is 9.10. The lowest BCUT2D eigenvalue weighted by Gasteiger charge is -2.27. The van der Waals surface area contributed by atoms with Gasteiger partial charge in [0.15, 0.2) is 5.60 Å². The molecule has 2 N–H and O–H groups in total. The molecule has 0 unspecified atom stereocenters. The number of carbonyl (C=O) groups excluding carboxylic acids is 1. The van der Waals surface area contributed by atoms with Crippen LogP contribution in [0.25, 0.3) is 0 Å². The maximum Gasteiger partial charge on any atom is 0.264 e. The molecule has 0 spiro atoms. The molecule has 0 bridgehead atoms. The van der Waals surface area contributed by atoms with E-state index in [1.165, 1.54) is 0 Å². The number of fused-ring (bicyclic) bond motifs is 1. The molecule has 1 amide bonds. The van der Waals surface area contributed by atoms with Gasteiger partial charge in [-0.05, 0) is 24.6 Å². The Morgan fingerprint density at radius 3 is 2.86 bits per heavy atom. The molecule has 5 heteroatoms. The SMILES string of the molecule is C=CCN1C(=O)[C@](O)([C@H](C)/C=C/CCO)c2cc(Br)ccc21. The number of hydrogen-bond acceptors (Lipinski definition) is 3. The number of aliphatic hydroxyl groups is 2. The van der Waals surface area contributed by atoms with Crippen molar-refractivity contribution in [3.05, 3.63) is 53.0 Å². The fraction of sp³-hybridized carbons (Fsp3) is 0.353. The molecule has 0 saturated heterocycles. The van der Waals surface area contributed by atoms with Crippen LogP contribution in [0.4, 0.5) is 5.69 Å². The second-order valence-electron chi connectivity index (χ2n) is 5.36. The maximum absolute atomic E-state index is 12.8. The van der Waals surface area contributed by atoms with Crippen molar-refractivity contribution in [1.82, 2.24) is 0 Å². The standard InChI is InChI=1S/C17H20BrNO3/c1-3-9-19-15-8-7-13(18)11-14(15)17(22,16(19)21)12(2)6-4-5-10-20/h3-4,6-8,11-12,20,22H,1,5,9-10H2,2H3/b6-4+/t12-,17+/m1/s1. The fourth-order valence-electron chi connectivity index (χ4n) is 2.74. The second-order valence-corrected chi connectivity index (χ2v) is 6.28. The molecule has 118 valence electrons. The van der Waals surface area contributed by atoms with Gasteiger partial charge in [0.25, 0.3) is 5.91 Å². The van der Waals surface area contributed by atoms with Crippen LogP contribution < -0.4 is 4.90 Å². The number of rotatable bonds is 6. The van der Waals surface area contributed by atoms with E-state index < -0.39 is 11.5 Å². The third-order valence-corrected chi connectivity index (χ3v) is 4.42. The molecule has 1 aliphatic rings. The molecule has 2 atom stereocenters. The Morgan fingerprint density at radius 2 is 2.23 bits per heavy atom. The van der Waals surface area contributed by atoms with Gasteiger partial charge in [0.2, 0.25) is 0 Å². The zero-order valence-corrected chi connectivity index (χ0v) is 14.1. The van der Waals surface area contributed by atoms with E-state index >= 15 is 0 Å². The molecule has 0 fully saturated rings. The zero-order valence-electron chi connectivity index (χ0n) is 12.5. The molecule has 1 aliphatic heterocycles. The van der Waals surface area contributed by atoms with Gasteiger partial charge in [-0.2, -0.15) is 0 Å². The van der Waals surface area contributed by atoms with Gasteiger partial charge in [0, 0.05) is 29.1 Å². The van der Waals surface area contributed by atoms with E-state index in [1.54, 1.807) is 36.1 Å². The van der Waals surface area contributed by atoms with Gasteiger partial charge in [-0.1, -0.05) is 41.1 Å². The molecule has 0 aromatic heterocycles. The molecule has 2 rings (SSSR count). The van der Waals surface area contributed by atoms with E-state index in [0.29, 0.717) is 24.2 Å². The fourth-order valence-corrected chi connectivity index (χ4v) is 3.10. The Hall–Kier alpha value is -1.43. The van der Waals surface area contributed by atoms with E-state index in [0.717, 1.165) is 4.47 Å². The minimum Gasteiger partial charge on any atom is -0.396 e. The first-order valence-electron chi connectivity index (χ1n) is 7.19. The van der Waals surface area contributed by atoms with Crippen molar-refractivity contribution in [2.45, 2.75) is 18.9 Å². The summed E-state index contributed by atoms with van der Waals surface area (Å²) in [6.45, 7) is 5.87. The Balaban J connectivity index is 2.49. The highest BCUT2D eigenvalue weighted by atomic mass is 79.9. The zero-order chi connectivity index (χ0) is 16.3. The monoisotopic (exact) mass is 365 g/mol. The summed E-state index contributed by atoms with van der Waals surface area (Å²) < 4.78 is 0.810. The van der Waals surface area contributed by atoms with Crippen molar-refractivity contribution in [2.75, 3.05) is 18.1 Å². The Labute approximate surface area is 138 Å². The minimum absolute atomic E-state index is 0.0420. The second kappa shape index (κ2) is 6.77. The third kappa shape index (κ3) is 2.76. The predicted molar refractivity (Wildman–Crippen MR) is 90.6 cm³/mol. The van der Waals surface area contributed by atoms with Gasteiger partial charge in [-0.25, -0.2) is 0 Å². The van der Waals surface area contributed by atoms with Crippen LogP contribution in [0.3, 0.4) is 0 Å². The average molecular weight is 366 g/mol. The number of carbonyl (C=O) groups is 1. The Bertz CT molecular complexity index is 614. The van der Waals surface area contributed by atoms with E-state index in [9.17, 15) is 9.90 Å². The molecule has 0 radical (unpaired) electrons. The summed E-state index contributed by atoms with van der Waals surface area (Å²) in [5.41, 5.74) is -0.304. The number of benzene rings is 1. The van der Waals surface area contributed by atoms with E-state index in [1.807, 2.05) is 12.1 Å². The first-order chi connectivity index (χ1) is 10.5. The van der Waals surface area contributed by atoms with E-state index in [-0.39, 0.29) is 12.5 Å². The molecule has 0 saturated carbocycles. The molecule has 1 heterocycles. The van der Waals surface area contributed by atoms with Crippen molar-refractivity contribution in [3.8, 4) is 0 Å². The molecule has 1 aromatic rings. The van der Waals surface area contributed by atoms with Crippen molar-refractivity contribution in [1.29, 1.82) is 0 Å². The number of amides is 1. The lowest BCUT2D eigenvalue weighted by atomic mass is 9.83. The first kappa shape index (κ1) is 16.9. The van der Waals surface area contributed by atoms with Gasteiger partial charge >= 0.3 is 0 Å². The van der Waals surface area contributed by atoms with Crippen LogP contribution in [0.15, 0.2) is 47.5 Å². The van der Waals surface area contributed by atoms with Crippen LogP contribution in [0, 0.1) is 5.92 Å². The van der Waals surface area contributed by atoms with E-state index in [4.69, 9.17) is 5.11 Å². The lowest BCUT2D eigenvalue weighted by Crippen LogP contribution is -2.44. The summed E-state index contributed by atoms with van der Waals surface area (Å²) in [5.74, 6) is -0.754. The smallest absolute Gasteiger partial charge is 0.264 e. The summed E-state index contributed by atoms with van der Waals surface area (Å²) in [7, 11) is 0. The normalized spacial score (nSPS) is 22.2. The highest BCUT2D eigenvalue weighted by Crippen LogP contribution is 2.46. The van der Waals surface area contributed by atoms with Gasteiger partial charge < -0.3 is 15.1 Å². The number of aliphatic hydroxyl groups excluding tert-OH is 1. The van der Waals surface area contributed by atoms with Gasteiger partial charge in [-0.3, -0.25) is 4.79 Å².